The van der Waals surface area contributed by atoms with Crippen molar-refractivity contribution in [3.63, 3.8) is 0 Å². The van der Waals surface area contributed by atoms with E-state index in [2.05, 4.69) is 33.1 Å². The zero-order valence-corrected chi connectivity index (χ0v) is 19.0. The minimum Gasteiger partial charge on any atom is -1.00 e. The van der Waals surface area contributed by atoms with Gasteiger partial charge in [-0.25, -0.2) is 0 Å². The van der Waals surface area contributed by atoms with E-state index >= 15 is 0 Å². The van der Waals surface area contributed by atoms with Crippen molar-refractivity contribution in [1.82, 2.24) is 15.1 Å². The molecule has 2 aromatic carbocycles. The number of halogens is 2. The molecular weight excluding hydrogens is 435 g/mol. The number of methoxy groups -OCH3 is 1. The van der Waals surface area contributed by atoms with Crippen LogP contribution in [0.2, 0.25) is 5.02 Å². The Labute approximate surface area is 193 Å². The lowest BCUT2D eigenvalue weighted by molar-refractivity contribution is -0.591. The highest BCUT2D eigenvalue weighted by molar-refractivity contribution is 6.32. The number of aromatic nitrogens is 2. The first-order valence-corrected chi connectivity index (χ1v) is 10.3. The predicted octanol–water partition coefficient (Wildman–Crippen LogP) is -0.686. The van der Waals surface area contributed by atoms with Crippen molar-refractivity contribution in [2.75, 3.05) is 45.2 Å². The Morgan fingerprint density at radius 1 is 1.16 bits per heavy atom. The second kappa shape index (κ2) is 10.1. The van der Waals surface area contributed by atoms with Crippen LogP contribution in [0.1, 0.15) is 11.1 Å². The summed E-state index contributed by atoms with van der Waals surface area (Å²) in [6, 6.07) is 11.9. The van der Waals surface area contributed by atoms with Gasteiger partial charge in [-0.3, -0.25) is 5.32 Å². The molecule has 162 valence electrons. The average molecular weight is 459 g/mol. The molecule has 31 heavy (non-hydrogen) atoms. The molecule has 1 saturated heterocycles. The maximum atomic E-state index is 9.59. The van der Waals surface area contributed by atoms with Gasteiger partial charge in [-0.15, -0.1) is 0 Å². The summed E-state index contributed by atoms with van der Waals surface area (Å²) < 4.78 is 5.22. The normalized spacial score (nSPS) is 14.2. The third-order valence-electron chi connectivity index (χ3n) is 5.51. The van der Waals surface area contributed by atoms with Gasteiger partial charge in [0, 0.05) is 42.8 Å². The molecule has 2 N–H and O–H groups in total. The first kappa shape index (κ1) is 23.0. The summed E-state index contributed by atoms with van der Waals surface area (Å²) >= 11 is 6.25. The van der Waals surface area contributed by atoms with Crippen LogP contribution in [-0.2, 0) is 6.54 Å². The molecular formula is C22H24Cl2N6O. The van der Waals surface area contributed by atoms with Crippen molar-refractivity contribution in [1.29, 1.82) is 5.26 Å². The second-order valence-electron chi connectivity index (χ2n) is 7.47. The lowest BCUT2D eigenvalue weighted by Crippen LogP contribution is -3.00. The van der Waals surface area contributed by atoms with Crippen LogP contribution >= 0.6 is 11.6 Å². The van der Waals surface area contributed by atoms with E-state index in [0.29, 0.717) is 22.9 Å². The van der Waals surface area contributed by atoms with Crippen molar-refractivity contribution in [2.45, 2.75) is 6.54 Å². The Bertz CT molecular complexity index is 1110. The van der Waals surface area contributed by atoms with E-state index in [0.717, 1.165) is 54.0 Å². The molecule has 3 aromatic rings. The van der Waals surface area contributed by atoms with E-state index in [9.17, 15) is 5.26 Å². The van der Waals surface area contributed by atoms with Gasteiger partial charge in [0.15, 0.2) is 0 Å². The first-order chi connectivity index (χ1) is 14.6. The molecule has 1 aliphatic heterocycles. The number of nitrogens with zero attached hydrogens (tertiary/aromatic N) is 5. The molecule has 1 fully saturated rings. The zero-order chi connectivity index (χ0) is 21.1. The highest BCUT2D eigenvalue weighted by Crippen LogP contribution is 2.31. The second-order valence-corrected chi connectivity index (χ2v) is 7.87. The Kier molecular flexibility index (Phi) is 7.52. The molecule has 0 radical (unpaired) electrons. The van der Waals surface area contributed by atoms with E-state index in [1.54, 1.807) is 13.3 Å². The van der Waals surface area contributed by atoms with Gasteiger partial charge in [-0.05, 0) is 37.4 Å². The SMILES string of the molecule is COc1ccc(C[NH2+]c2nncc3c(N4CCN(C)CC4)cc(C#N)cc23)cc1Cl.[Cl-]. The number of ether oxygens (including phenoxy) is 1. The summed E-state index contributed by atoms with van der Waals surface area (Å²) in [6.07, 6.45) is 1.80. The number of nitrogens with two attached hydrogens (primary N) is 1. The van der Waals surface area contributed by atoms with Crippen LogP contribution in [0.5, 0.6) is 5.75 Å². The fraction of sp³-hybridized carbons (Fsp3) is 0.318. The summed E-state index contributed by atoms with van der Waals surface area (Å²) in [5.74, 6) is 1.42. The minimum absolute atomic E-state index is 0. The van der Waals surface area contributed by atoms with E-state index in [-0.39, 0.29) is 12.4 Å². The van der Waals surface area contributed by atoms with Crippen LogP contribution in [0, 0.1) is 11.3 Å². The van der Waals surface area contributed by atoms with Gasteiger partial charge in [0.25, 0.3) is 5.82 Å². The number of anilines is 1. The van der Waals surface area contributed by atoms with Gasteiger partial charge in [0.05, 0.1) is 35.3 Å². The first-order valence-electron chi connectivity index (χ1n) is 9.87. The molecule has 9 heteroatoms. The summed E-state index contributed by atoms with van der Waals surface area (Å²) in [7, 11) is 3.73. The molecule has 0 saturated carbocycles. The number of likely N-dealkylation sites (N-methyl/N-ethyl adjacent to an activating group) is 1. The van der Waals surface area contributed by atoms with Crippen molar-refractivity contribution in [3.05, 3.63) is 52.7 Å². The summed E-state index contributed by atoms with van der Waals surface area (Å²) in [5, 5.41) is 22.8. The third kappa shape index (κ3) is 5.00. The topological polar surface area (TPSA) is 81.9 Å². The molecule has 0 bridgehead atoms. The zero-order valence-electron chi connectivity index (χ0n) is 17.5. The van der Waals surface area contributed by atoms with Crippen LogP contribution in [0.4, 0.5) is 11.5 Å². The molecule has 7 nitrogen and oxygen atoms in total. The molecule has 2 heterocycles. The van der Waals surface area contributed by atoms with Crippen LogP contribution in [-0.4, -0.2) is 55.4 Å². The van der Waals surface area contributed by atoms with Crippen LogP contribution in [0.3, 0.4) is 0 Å². The van der Waals surface area contributed by atoms with Crippen LogP contribution in [0.15, 0.2) is 36.5 Å². The molecule has 0 spiro atoms. The van der Waals surface area contributed by atoms with Gasteiger partial charge in [0.2, 0.25) is 0 Å². The maximum absolute atomic E-state index is 9.59. The summed E-state index contributed by atoms with van der Waals surface area (Å²) in [4.78, 5) is 4.64. The number of rotatable bonds is 5. The Morgan fingerprint density at radius 3 is 2.61 bits per heavy atom. The monoisotopic (exact) mass is 458 g/mol. The fourth-order valence-corrected chi connectivity index (χ4v) is 4.04. The quantitative estimate of drug-likeness (QED) is 0.545. The molecule has 0 amide bonds. The van der Waals surface area contributed by atoms with Crippen molar-refractivity contribution in [2.24, 2.45) is 0 Å². The minimum atomic E-state index is 0. The van der Waals surface area contributed by atoms with Crippen molar-refractivity contribution in [3.8, 4) is 11.8 Å². The number of nitriles is 1. The van der Waals surface area contributed by atoms with Gasteiger partial charge >= 0.3 is 0 Å². The molecule has 1 aromatic heterocycles. The molecule has 0 atom stereocenters. The number of benzene rings is 2. The smallest absolute Gasteiger partial charge is 0.252 e. The Balaban J connectivity index is 0.00000272. The standard InChI is InChI=1S/C22H23ClN6O.ClH/c1-28-5-7-29(8-6-28)20-11-16(12-24)9-17-18(20)14-26-27-22(17)25-13-15-3-4-21(30-2)19(23)10-15;/h3-4,9-11,14H,5-8,13H2,1-2H3,(H,25,27);1H. The Morgan fingerprint density at radius 2 is 1.94 bits per heavy atom. The van der Waals surface area contributed by atoms with E-state index < -0.39 is 0 Å². The van der Waals surface area contributed by atoms with Gasteiger partial charge in [-0.2, -0.15) is 10.4 Å². The largest absolute Gasteiger partial charge is 1.00 e. The molecule has 0 aliphatic carbocycles. The predicted molar refractivity (Wildman–Crippen MR) is 117 cm³/mol. The molecule has 4 rings (SSSR count). The maximum Gasteiger partial charge on any atom is 0.252 e. The average Bonchev–Trinajstić information content (AvgIpc) is 2.77. The van der Waals surface area contributed by atoms with Crippen molar-refractivity contribution >= 4 is 33.9 Å². The third-order valence-corrected chi connectivity index (χ3v) is 5.80. The van der Waals surface area contributed by atoms with Gasteiger partial charge < -0.3 is 26.9 Å². The summed E-state index contributed by atoms with van der Waals surface area (Å²) in [6.45, 7) is 4.48. The van der Waals surface area contributed by atoms with Crippen molar-refractivity contribution < 1.29 is 22.5 Å². The highest BCUT2D eigenvalue weighted by Gasteiger charge is 2.20. The Hall–Kier alpha value is -2.63. The lowest BCUT2D eigenvalue weighted by Gasteiger charge is -2.34. The highest BCUT2D eigenvalue weighted by atomic mass is 35.5. The van der Waals surface area contributed by atoms with E-state index in [4.69, 9.17) is 16.3 Å². The number of quaternary nitrogens is 1. The van der Waals surface area contributed by atoms with Crippen LogP contribution < -0.4 is 27.4 Å². The van der Waals surface area contributed by atoms with Gasteiger partial charge in [0.1, 0.15) is 12.3 Å². The number of hydrogen-bond donors (Lipinski definition) is 1. The van der Waals surface area contributed by atoms with Crippen LogP contribution in [0.25, 0.3) is 10.8 Å². The van der Waals surface area contributed by atoms with E-state index in [1.807, 2.05) is 35.6 Å². The van der Waals surface area contributed by atoms with Gasteiger partial charge in [-0.1, -0.05) is 16.7 Å². The van der Waals surface area contributed by atoms with E-state index in [1.165, 1.54) is 0 Å². The number of hydrogen-bond acceptors (Lipinski definition) is 6. The summed E-state index contributed by atoms with van der Waals surface area (Å²) in [5.41, 5.74) is 2.73. The molecule has 0 unspecified atom stereocenters. The molecule has 1 aliphatic rings. The number of piperazine rings is 1. The lowest BCUT2D eigenvalue weighted by atomic mass is 10.1. The fourth-order valence-electron chi connectivity index (χ4n) is 3.76. The number of fused-ring (bicyclic) bond motifs is 1.